The highest BCUT2D eigenvalue weighted by atomic mass is 16.8. The van der Waals surface area contributed by atoms with Gasteiger partial charge < -0.3 is 19.1 Å². The van der Waals surface area contributed by atoms with Gasteiger partial charge in [0.25, 0.3) is 0 Å². The van der Waals surface area contributed by atoms with E-state index in [1.807, 2.05) is 20.8 Å². The Morgan fingerprint density at radius 2 is 1.24 bits per heavy atom. The van der Waals surface area contributed by atoms with E-state index in [0.29, 0.717) is 12.8 Å². The lowest BCUT2D eigenvalue weighted by molar-refractivity contribution is -0.182. The molecule has 0 heterocycles. The maximum absolute atomic E-state index is 12.4. The lowest BCUT2D eigenvalue weighted by Gasteiger charge is -2.33. The number of hydroxylamine groups is 4. The van der Waals surface area contributed by atoms with Crippen LogP contribution >= 0.6 is 0 Å². The van der Waals surface area contributed by atoms with Crippen molar-refractivity contribution in [2.24, 2.45) is 11.3 Å². The standard InChI is InChI=1S/C23H38N2O8/c1-10-19(26)32-24(21(28)30-16(3)4)13-12-18(7)14-23(8,9)15-25(33-20(27)11-2)22(29)31-17(5)6/h10-11,16-18H,1-2,12-15H2,3-9H3. The third-order valence-electron chi connectivity index (χ3n) is 4.11. The maximum Gasteiger partial charge on any atom is 0.443 e. The Hall–Kier alpha value is -3.04. The van der Waals surface area contributed by atoms with E-state index < -0.39 is 29.5 Å². The molecule has 0 aliphatic carbocycles. The summed E-state index contributed by atoms with van der Waals surface area (Å²) in [7, 11) is 0. The van der Waals surface area contributed by atoms with Gasteiger partial charge in [-0.1, -0.05) is 33.9 Å². The van der Waals surface area contributed by atoms with Crippen molar-refractivity contribution in [1.82, 2.24) is 10.1 Å². The van der Waals surface area contributed by atoms with Crippen LogP contribution < -0.4 is 0 Å². The highest BCUT2D eigenvalue weighted by molar-refractivity contribution is 5.82. The minimum absolute atomic E-state index is 0.0369. The van der Waals surface area contributed by atoms with Crippen LogP contribution in [0.1, 0.15) is 61.3 Å². The summed E-state index contributed by atoms with van der Waals surface area (Å²) in [5, 5.41) is 1.75. The number of carbonyl (C=O) groups is 4. The van der Waals surface area contributed by atoms with Crippen LogP contribution in [0.4, 0.5) is 9.59 Å². The molecule has 188 valence electrons. The van der Waals surface area contributed by atoms with Crippen LogP contribution in [0.3, 0.4) is 0 Å². The van der Waals surface area contributed by atoms with E-state index in [1.165, 1.54) is 0 Å². The molecule has 0 spiro atoms. The molecule has 0 aromatic rings. The van der Waals surface area contributed by atoms with Gasteiger partial charge in [-0.3, -0.25) is 0 Å². The average molecular weight is 471 g/mol. The Balaban J connectivity index is 5.15. The predicted octanol–water partition coefficient (Wildman–Crippen LogP) is 4.41. The van der Waals surface area contributed by atoms with Gasteiger partial charge in [0.2, 0.25) is 0 Å². The number of ether oxygens (including phenoxy) is 2. The first-order chi connectivity index (χ1) is 15.2. The van der Waals surface area contributed by atoms with Gasteiger partial charge in [-0.2, -0.15) is 0 Å². The van der Waals surface area contributed by atoms with E-state index in [9.17, 15) is 19.2 Å². The van der Waals surface area contributed by atoms with Crippen molar-refractivity contribution in [3.05, 3.63) is 25.3 Å². The van der Waals surface area contributed by atoms with Gasteiger partial charge in [-0.05, 0) is 51.9 Å². The number of hydrogen-bond acceptors (Lipinski definition) is 8. The molecule has 0 saturated heterocycles. The van der Waals surface area contributed by atoms with Gasteiger partial charge in [0, 0.05) is 12.2 Å². The first kappa shape index (κ1) is 30.0. The van der Waals surface area contributed by atoms with Gasteiger partial charge in [-0.15, -0.1) is 10.1 Å². The van der Waals surface area contributed by atoms with Crippen LogP contribution in [0.2, 0.25) is 0 Å². The molecule has 0 radical (unpaired) electrons. The Morgan fingerprint density at radius 3 is 1.67 bits per heavy atom. The molecule has 0 aliphatic heterocycles. The van der Waals surface area contributed by atoms with E-state index in [-0.39, 0.29) is 31.2 Å². The van der Waals surface area contributed by atoms with E-state index in [1.54, 1.807) is 27.7 Å². The Labute approximate surface area is 196 Å². The molecular weight excluding hydrogens is 432 g/mol. The summed E-state index contributed by atoms with van der Waals surface area (Å²) in [5.41, 5.74) is -0.488. The summed E-state index contributed by atoms with van der Waals surface area (Å²) in [6.07, 6.45) is 0.660. The molecule has 10 nitrogen and oxygen atoms in total. The molecule has 1 atom stereocenters. The Kier molecular flexibility index (Phi) is 12.9. The van der Waals surface area contributed by atoms with E-state index in [2.05, 4.69) is 13.2 Å². The molecule has 10 heteroatoms. The zero-order valence-electron chi connectivity index (χ0n) is 20.8. The molecule has 0 aromatic carbocycles. The number of hydrogen-bond donors (Lipinski definition) is 0. The number of amides is 2. The second-order valence-electron chi connectivity index (χ2n) is 8.99. The van der Waals surface area contributed by atoms with Crippen molar-refractivity contribution in [2.45, 2.75) is 73.5 Å². The highest BCUT2D eigenvalue weighted by Gasteiger charge is 2.31. The number of carbonyl (C=O) groups excluding carboxylic acids is 4. The average Bonchev–Trinajstić information content (AvgIpc) is 2.68. The second kappa shape index (κ2) is 14.2. The number of rotatable bonds is 11. The van der Waals surface area contributed by atoms with Crippen molar-refractivity contribution in [1.29, 1.82) is 0 Å². The van der Waals surface area contributed by atoms with Crippen molar-refractivity contribution in [3.8, 4) is 0 Å². The zero-order chi connectivity index (χ0) is 25.8. The summed E-state index contributed by atoms with van der Waals surface area (Å²) >= 11 is 0. The third-order valence-corrected chi connectivity index (χ3v) is 4.11. The summed E-state index contributed by atoms with van der Waals surface area (Å²) in [4.78, 5) is 57.9. The minimum atomic E-state index is -0.778. The fraction of sp³-hybridized carbons (Fsp3) is 0.652. The van der Waals surface area contributed by atoms with Gasteiger partial charge in [0.05, 0.1) is 25.3 Å². The van der Waals surface area contributed by atoms with Crippen molar-refractivity contribution in [3.63, 3.8) is 0 Å². The SMILES string of the molecule is C=CC(=O)ON(CCC(C)CC(C)(C)CN(OC(=O)C=C)C(=O)OC(C)C)C(=O)OC(C)C. The van der Waals surface area contributed by atoms with Crippen LogP contribution in [-0.2, 0) is 28.7 Å². The van der Waals surface area contributed by atoms with E-state index in [0.717, 1.165) is 22.3 Å². The molecule has 0 rings (SSSR count). The van der Waals surface area contributed by atoms with Crippen molar-refractivity contribution < 1.29 is 38.3 Å². The van der Waals surface area contributed by atoms with Crippen LogP contribution in [0, 0.1) is 11.3 Å². The molecule has 0 aliphatic rings. The largest absolute Gasteiger partial charge is 0.445 e. The minimum Gasteiger partial charge on any atom is -0.445 e. The maximum atomic E-state index is 12.4. The van der Waals surface area contributed by atoms with Gasteiger partial charge in [0.1, 0.15) is 0 Å². The van der Waals surface area contributed by atoms with Crippen LogP contribution in [0.5, 0.6) is 0 Å². The van der Waals surface area contributed by atoms with Gasteiger partial charge in [-0.25, -0.2) is 19.2 Å². The summed E-state index contributed by atoms with van der Waals surface area (Å²) in [6.45, 7) is 19.4. The molecule has 0 N–H and O–H groups in total. The van der Waals surface area contributed by atoms with Gasteiger partial charge >= 0.3 is 24.1 Å². The highest BCUT2D eigenvalue weighted by Crippen LogP contribution is 2.29. The van der Waals surface area contributed by atoms with Crippen LogP contribution in [-0.4, -0.2) is 59.5 Å². The molecule has 1 unspecified atom stereocenters. The molecule has 0 bridgehead atoms. The monoisotopic (exact) mass is 470 g/mol. The van der Waals surface area contributed by atoms with Crippen molar-refractivity contribution >= 4 is 24.1 Å². The van der Waals surface area contributed by atoms with Gasteiger partial charge in [0.15, 0.2) is 0 Å². The summed E-state index contributed by atoms with van der Waals surface area (Å²) < 4.78 is 10.3. The van der Waals surface area contributed by atoms with Crippen molar-refractivity contribution in [2.75, 3.05) is 13.1 Å². The van der Waals surface area contributed by atoms with E-state index in [4.69, 9.17) is 19.1 Å². The molecule has 2 amide bonds. The first-order valence-corrected chi connectivity index (χ1v) is 10.9. The Bertz CT molecular complexity index is 703. The molecule has 0 aromatic heterocycles. The summed E-state index contributed by atoms with van der Waals surface area (Å²) in [5.74, 6) is -1.51. The second-order valence-corrected chi connectivity index (χ2v) is 8.99. The first-order valence-electron chi connectivity index (χ1n) is 10.9. The fourth-order valence-corrected chi connectivity index (χ4v) is 2.96. The molecule has 0 fully saturated rings. The van der Waals surface area contributed by atoms with Crippen LogP contribution in [0.25, 0.3) is 0 Å². The normalized spacial score (nSPS) is 11.9. The quantitative estimate of drug-likeness (QED) is 0.322. The topological polar surface area (TPSA) is 112 Å². The molecule has 0 saturated carbocycles. The Morgan fingerprint density at radius 1 is 0.818 bits per heavy atom. The fourth-order valence-electron chi connectivity index (χ4n) is 2.96. The zero-order valence-corrected chi connectivity index (χ0v) is 20.8. The summed E-state index contributed by atoms with van der Waals surface area (Å²) in [6, 6.07) is 0. The molecular formula is C23H38N2O8. The molecule has 33 heavy (non-hydrogen) atoms. The third kappa shape index (κ3) is 13.2. The van der Waals surface area contributed by atoms with Crippen LogP contribution in [0.15, 0.2) is 25.3 Å². The lowest BCUT2D eigenvalue weighted by atomic mass is 9.82. The smallest absolute Gasteiger partial charge is 0.443 e. The lowest BCUT2D eigenvalue weighted by Crippen LogP contribution is -2.42. The number of nitrogens with zero attached hydrogens (tertiary/aromatic N) is 2. The predicted molar refractivity (Wildman–Crippen MR) is 121 cm³/mol. The van der Waals surface area contributed by atoms with E-state index >= 15 is 0 Å².